The Morgan fingerprint density at radius 1 is 0.458 bits per heavy atom. The first-order chi connectivity index (χ1) is 34.7. The lowest BCUT2D eigenvalue weighted by Gasteiger charge is -2.43. The Balaban J connectivity index is 1.10. The highest BCUT2D eigenvalue weighted by molar-refractivity contribution is 7.33. The maximum absolute atomic E-state index is 2.64. The molecule has 0 saturated carbocycles. The average Bonchev–Trinajstić information content (AvgIpc) is 3.98. The highest BCUT2D eigenvalue weighted by Gasteiger charge is 2.53. The largest absolute Gasteiger partial charge is 0.311 e. The average molecular weight is 945 g/mol. The van der Waals surface area contributed by atoms with E-state index in [1.54, 1.807) is 0 Å². The van der Waals surface area contributed by atoms with Gasteiger partial charge in [-0.05, 0) is 181 Å². The number of para-hydroxylation sites is 1. The van der Waals surface area contributed by atoms with Crippen LogP contribution in [0.1, 0.15) is 91.6 Å². The highest BCUT2D eigenvalue weighted by atomic mass is 32.1. The minimum atomic E-state index is -0.453. The van der Waals surface area contributed by atoms with Crippen LogP contribution < -0.4 is 25.5 Å². The Morgan fingerprint density at radius 2 is 1.04 bits per heavy atom. The molecule has 4 heteroatoms. The van der Waals surface area contributed by atoms with Gasteiger partial charge in [-0.1, -0.05) is 169 Å². The number of nitrogens with zero attached hydrogens (tertiary/aromatic N) is 2. The quantitative estimate of drug-likeness (QED) is 0.163. The van der Waals surface area contributed by atoms with Crippen LogP contribution in [0.2, 0.25) is 0 Å². The van der Waals surface area contributed by atoms with Gasteiger partial charge in [-0.25, -0.2) is 0 Å². The van der Waals surface area contributed by atoms with Crippen LogP contribution in [0.3, 0.4) is 0 Å². The first-order valence-corrected chi connectivity index (χ1v) is 26.6. The van der Waals surface area contributed by atoms with Crippen LogP contribution in [0, 0.1) is 20.8 Å². The maximum Gasteiger partial charge on any atom is 0.264 e. The van der Waals surface area contributed by atoms with Crippen molar-refractivity contribution in [1.29, 1.82) is 0 Å². The number of anilines is 6. The van der Waals surface area contributed by atoms with Crippen molar-refractivity contribution >= 4 is 78.0 Å². The Morgan fingerprint density at radius 3 is 1.71 bits per heavy atom. The van der Waals surface area contributed by atoms with E-state index in [9.17, 15) is 0 Å². The molecule has 0 atom stereocenters. The molecule has 2 nitrogen and oxygen atoms in total. The Labute approximate surface area is 429 Å². The minimum Gasteiger partial charge on any atom is -0.311 e. The van der Waals surface area contributed by atoms with Crippen LogP contribution in [0.25, 0.3) is 43.5 Å². The summed E-state index contributed by atoms with van der Waals surface area (Å²) in [5.74, 6) is 0. The van der Waals surface area contributed by atoms with Gasteiger partial charge in [-0.15, -0.1) is 11.3 Å². The fraction of sp³-hybridized carbons (Fsp3) is 0.176. The molecular formula is C68H57BN2S. The van der Waals surface area contributed by atoms with Crippen molar-refractivity contribution < 1.29 is 0 Å². The summed E-state index contributed by atoms with van der Waals surface area (Å²) < 4.78 is 2.72. The monoisotopic (exact) mass is 944 g/mol. The molecule has 0 radical (unpaired) electrons. The molecule has 0 fully saturated rings. The summed E-state index contributed by atoms with van der Waals surface area (Å²) in [5, 5.41) is 1.31. The van der Waals surface area contributed by atoms with Gasteiger partial charge in [0, 0.05) is 43.3 Å². The third kappa shape index (κ3) is 5.90. The van der Waals surface area contributed by atoms with Crippen LogP contribution in [0.4, 0.5) is 34.1 Å². The van der Waals surface area contributed by atoms with Crippen molar-refractivity contribution in [3.8, 4) is 33.4 Å². The second-order valence-electron chi connectivity index (χ2n) is 23.1. The van der Waals surface area contributed by atoms with Crippen molar-refractivity contribution in [3.63, 3.8) is 0 Å². The van der Waals surface area contributed by atoms with Crippen LogP contribution in [0.5, 0.6) is 0 Å². The standard InChI is InChI=1S/C68H57BN2S/c1-40-34-59-63-60(35-40)71(47-30-27-44(28-31-47)66(4,5)6)64-52-38-51-50-32-29-45(67(7,8)9)37-55(50)68(53-24-15-13-22-48(53)49-23-14-16-25-54(49)68)56(51)39-61(52)72-65(64)69(63)57-33-26-43(62-41(2)18-17-19-42(62)3)36-58(57)70(59)46-20-11-10-12-21-46/h10-39H,1-9H3. The van der Waals surface area contributed by atoms with Crippen LogP contribution in [-0.2, 0) is 16.2 Å². The second kappa shape index (κ2) is 15.1. The van der Waals surface area contributed by atoms with Crippen molar-refractivity contribution in [3.05, 3.63) is 232 Å². The van der Waals surface area contributed by atoms with E-state index in [0.29, 0.717) is 0 Å². The molecule has 0 bridgehead atoms. The SMILES string of the molecule is Cc1cc2c3c(c1)N(c1ccc(C(C)(C)C)cc1)c1c(sc4cc5c(cc14)-c1ccc(C(C)(C)C)cc1C51c4ccccc4-c4ccccc41)B3c1ccc(-c3c(C)cccc3C)cc1N2c1ccccc1. The number of benzene rings is 9. The molecule has 14 rings (SSSR count). The number of fused-ring (bicyclic) bond motifs is 16. The molecule has 3 heterocycles. The van der Waals surface area contributed by atoms with Gasteiger partial charge in [0.05, 0.1) is 11.1 Å². The lowest BCUT2D eigenvalue weighted by atomic mass is 9.36. The molecule has 10 aromatic rings. The third-order valence-electron chi connectivity index (χ3n) is 16.7. The van der Waals surface area contributed by atoms with Crippen LogP contribution in [0.15, 0.2) is 182 Å². The molecule has 348 valence electrons. The normalized spacial score (nSPS) is 14.5. The molecule has 2 aliphatic carbocycles. The minimum absolute atomic E-state index is 0.00782. The van der Waals surface area contributed by atoms with E-state index in [-0.39, 0.29) is 17.5 Å². The fourth-order valence-electron chi connectivity index (χ4n) is 13.4. The predicted octanol–water partition coefficient (Wildman–Crippen LogP) is 16.5. The molecule has 2 aliphatic heterocycles. The number of hydrogen-bond donors (Lipinski definition) is 0. The van der Waals surface area contributed by atoms with Crippen molar-refractivity contribution in [2.24, 2.45) is 0 Å². The van der Waals surface area contributed by atoms with Crippen molar-refractivity contribution in [2.75, 3.05) is 9.80 Å². The van der Waals surface area contributed by atoms with Gasteiger partial charge < -0.3 is 9.80 Å². The summed E-state index contributed by atoms with van der Waals surface area (Å²) >= 11 is 2.01. The summed E-state index contributed by atoms with van der Waals surface area (Å²) in [6.07, 6.45) is 0. The molecule has 0 saturated heterocycles. The molecule has 1 aromatic heterocycles. The Hall–Kier alpha value is -7.40. The van der Waals surface area contributed by atoms with Crippen molar-refractivity contribution in [2.45, 2.75) is 78.6 Å². The van der Waals surface area contributed by atoms with E-state index in [1.807, 2.05) is 11.3 Å². The molecule has 0 unspecified atom stereocenters. The number of thiophene rings is 1. The van der Waals surface area contributed by atoms with Gasteiger partial charge in [0.25, 0.3) is 6.71 Å². The molecule has 0 N–H and O–H groups in total. The van der Waals surface area contributed by atoms with E-state index in [1.165, 1.54) is 143 Å². The zero-order valence-corrected chi connectivity index (χ0v) is 43.5. The molecule has 72 heavy (non-hydrogen) atoms. The summed E-state index contributed by atoms with van der Waals surface area (Å²) in [6, 6.07) is 70.6. The van der Waals surface area contributed by atoms with E-state index in [4.69, 9.17) is 0 Å². The van der Waals surface area contributed by atoms with Gasteiger partial charge in [0.2, 0.25) is 0 Å². The van der Waals surface area contributed by atoms with Crippen molar-refractivity contribution in [1.82, 2.24) is 0 Å². The zero-order valence-electron chi connectivity index (χ0n) is 42.7. The van der Waals surface area contributed by atoms with E-state index in [2.05, 4.69) is 254 Å². The summed E-state index contributed by atoms with van der Waals surface area (Å²) in [7, 11) is 0. The maximum atomic E-state index is 2.64. The number of aryl methyl sites for hydroxylation is 3. The first-order valence-electron chi connectivity index (χ1n) is 25.8. The summed E-state index contributed by atoms with van der Waals surface area (Å²) in [4.78, 5) is 5.20. The second-order valence-corrected chi connectivity index (χ2v) is 24.1. The molecule has 1 spiro atoms. The Kier molecular flexibility index (Phi) is 9.09. The van der Waals surface area contributed by atoms with Gasteiger partial charge in [0.1, 0.15) is 0 Å². The number of hydrogen-bond acceptors (Lipinski definition) is 3. The van der Waals surface area contributed by atoms with Crippen LogP contribution in [-0.4, -0.2) is 6.71 Å². The smallest absolute Gasteiger partial charge is 0.264 e. The topological polar surface area (TPSA) is 6.48 Å². The van der Waals surface area contributed by atoms with Crippen LogP contribution >= 0.6 is 11.3 Å². The zero-order chi connectivity index (χ0) is 49.2. The summed E-state index contributed by atoms with van der Waals surface area (Å²) in [6.45, 7) is 20.8. The van der Waals surface area contributed by atoms with Gasteiger partial charge in [0.15, 0.2) is 0 Å². The van der Waals surface area contributed by atoms with E-state index >= 15 is 0 Å². The fourth-order valence-corrected chi connectivity index (χ4v) is 14.7. The van der Waals surface area contributed by atoms with Gasteiger partial charge in [-0.3, -0.25) is 0 Å². The van der Waals surface area contributed by atoms with Gasteiger partial charge in [-0.2, -0.15) is 0 Å². The number of rotatable bonds is 3. The molecule has 0 amide bonds. The lowest BCUT2D eigenvalue weighted by Crippen LogP contribution is -2.60. The molecular weight excluding hydrogens is 888 g/mol. The summed E-state index contributed by atoms with van der Waals surface area (Å²) in [5.41, 5.74) is 29.6. The van der Waals surface area contributed by atoms with Gasteiger partial charge >= 0.3 is 0 Å². The lowest BCUT2D eigenvalue weighted by molar-refractivity contribution is 0.588. The van der Waals surface area contributed by atoms with E-state index in [0.717, 1.165) is 0 Å². The molecule has 9 aromatic carbocycles. The Bertz CT molecular complexity index is 3870. The van der Waals surface area contributed by atoms with E-state index < -0.39 is 5.41 Å². The first kappa shape index (κ1) is 43.4. The molecule has 4 aliphatic rings. The third-order valence-corrected chi connectivity index (χ3v) is 17.9. The predicted molar refractivity (Wildman–Crippen MR) is 309 cm³/mol. The highest BCUT2D eigenvalue weighted by Crippen LogP contribution is 2.64.